The van der Waals surface area contributed by atoms with Crippen LogP contribution in [0.5, 0.6) is 0 Å². The molecule has 0 saturated heterocycles. The van der Waals surface area contributed by atoms with E-state index >= 15 is 0 Å². The molecule has 0 aromatic heterocycles. The van der Waals surface area contributed by atoms with Crippen LogP contribution in [-0.4, -0.2) is 30.4 Å². The number of carbonyl (C=O) groups excluding carboxylic acids is 1. The van der Waals surface area contributed by atoms with Crippen LogP contribution in [0.4, 0.5) is 5.69 Å². The number of hydrogen-bond acceptors (Lipinski definition) is 2. The average Bonchev–Trinajstić information content (AvgIpc) is 2.29. The maximum Gasteiger partial charge on any atom is 0.224 e. The second kappa shape index (κ2) is 7.49. The predicted octanol–water partition coefficient (Wildman–Crippen LogP) is 3.66. The second-order valence-corrected chi connectivity index (χ2v) is 4.77. The van der Waals surface area contributed by atoms with Gasteiger partial charge in [0, 0.05) is 41.8 Å². The van der Waals surface area contributed by atoms with Crippen molar-refractivity contribution in [3.8, 4) is 0 Å². The lowest BCUT2D eigenvalue weighted by molar-refractivity contribution is -0.130. The summed E-state index contributed by atoms with van der Waals surface area (Å²) in [6.45, 7) is 6.03. The Morgan fingerprint density at radius 2 is 1.72 bits per heavy atom. The van der Waals surface area contributed by atoms with Gasteiger partial charge in [0.05, 0.1) is 0 Å². The Morgan fingerprint density at radius 1 is 1.17 bits per heavy atom. The summed E-state index contributed by atoms with van der Waals surface area (Å²) in [5.74, 6) is 0.153. The SMILES string of the molecule is CCN(CC)C(=O)CCNc1cc(Cl)cc(Cl)c1. The first kappa shape index (κ1) is 15.1. The average molecular weight is 289 g/mol. The summed E-state index contributed by atoms with van der Waals surface area (Å²) >= 11 is 11.8. The Balaban J connectivity index is 2.44. The fourth-order valence-electron chi connectivity index (χ4n) is 1.70. The second-order valence-electron chi connectivity index (χ2n) is 3.90. The van der Waals surface area contributed by atoms with E-state index in [1.54, 1.807) is 18.2 Å². The Kier molecular flexibility index (Phi) is 6.30. The largest absolute Gasteiger partial charge is 0.384 e. The van der Waals surface area contributed by atoms with Crippen LogP contribution in [0.2, 0.25) is 10.0 Å². The maximum absolute atomic E-state index is 11.8. The molecular weight excluding hydrogens is 271 g/mol. The summed E-state index contributed by atoms with van der Waals surface area (Å²) in [6, 6.07) is 5.25. The molecule has 0 radical (unpaired) electrons. The summed E-state index contributed by atoms with van der Waals surface area (Å²) in [5, 5.41) is 4.31. The third-order valence-corrected chi connectivity index (χ3v) is 3.08. The minimum atomic E-state index is 0.153. The van der Waals surface area contributed by atoms with Gasteiger partial charge < -0.3 is 10.2 Å². The van der Waals surface area contributed by atoms with Crippen molar-refractivity contribution >= 4 is 34.8 Å². The highest BCUT2D eigenvalue weighted by molar-refractivity contribution is 6.35. The van der Waals surface area contributed by atoms with Crippen molar-refractivity contribution in [3.63, 3.8) is 0 Å². The number of nitrogens with one attached hydrogen (secondary N) is 1. The van der Waals surface area contributed by atoms with E-state index in [2.05, 4.69) is 5.32 Å². The number of rotatable bonds is 6. The van der Waals surface area contributed by atoms with Crippen molar-refractivity contribution in [1.82, 2.24) is 4.90 Å². The van der Waals surface area contributed by atoms with Crippen molar-refractivity contribution in [3.05, 3.63) is 28.2 Å². The Hall–Kier alpha value is -0.930. The topological polar surface area (TPSA) is 32.3 Å². The summed E-state index contributed by atoms with van der Waals surface area (Å²) in [4.78, 5) is 13.6. The molecule has 0 unspecified atom stereocenters. The normalized spacial score (nSPS) is 10.2. The summed E-state index contributed by atoms with van der Waals surface area (Å²) < 4.78 is 0. The van der Waals surface area contributed by atoms with Crippen LogP contribution >= 0.6 is 23.2 Å². The highest BCUT2D eigenvalue weighted by atomic mass is 35.5. The first-order chi connectivity index (χ1) is 8.56. The minimum absolute atomic E-state index is 0.153. The van der Waals surface area contributed by atoms with Gasteiger partial charge in [-0.05, 0) is 32.0 Å². The van der Waals surface area contributed by atoms with Crippen molar-refractivity contribution in [2.24, 2.45) is 0 Å². The molecule has 0 spiro atoms. The van der Waals surface area contributed by atoms with Crippen LogP contribution in [0.25, 0.3) is 0 Å². The van der Waals surface area contributed by atoms with E-state index in [1.807, 2.05) is 18.7 Å². The van der Waals surface area contributed by atoms with Crippen LogP contribution in [0.1, 0.15) is 20.3 Å². The van der Waals surface area contributed by atoms with Crippen molar-refractivity contribution in [2.75, 3.05) is 25.0 Å². The molecule has 0 aliphatic rings. The molecule has 1 amide bonds. The Bertz CT molecular complexity index is 386. The zero-order chi connectivity index (χ0) is 13.5. The summed E-state index contributed by atoms with van der Waals surface area (Å²) in [5.41, 5.74) is 0.833. The van der Waals surface area contributed by atoms with Crippen LogP contribution < -0.4 is 5.32 Å². The number of benzene rings is 1. The smallest absolute Gasteiger partial charge is 0.224 e. The molecule has 0 aliphatic carbocycles. The lowest BCUT2D eigenvalue weighted by Gasteiger charge is -2.18. The molecule has 0 aliphatic heterocycles. The van der Waals surface area contributed by atoms with E-state index in [9.17, 15) is 4.79 Å². The highest BCUT2D eigenvalue weighted by Crippen LogP contribution is 2.22. The van der Waals surface area contributed by atoms with Gasteiger partial charge in [-0.2, -0.15) is 0 Å². The van der Waals surface area contributed by atoms with Gasteiger partial charge in [-0.15, -0.1) is 0 Å². The first-order valence-corrected chi connectivity index (χ1v) is 6.80. The van der Waals surface area contributed by atoms with Crippen LogP contribution in [-0.2, 0) is 4.79 Å². The van der Waals surface area contributed by atoms with Gasteiger partial charge in [0.15, 0.2) is 0 Å². The zero-order valence-electron chi connectivity index (χ0n) is 10.7. The predicted molar refractivity (Wildman–Crippen MR) is 77.5 cm³/mol. The standard InChI is InChI=1S/C13H18Cl2N2O/c1-3-17(4-2)13(18)5-6-16-12-8-10(14)7-11(15)9-12/h7-9,16H,3-6H2,1-2H3. The van der Waals surface area contributed by atoms with E-state index in [0.29, 0.717) is 23.0 Å². The number of hydrogen-bond donors (Lipinski definition) is 1. The number of nitrogens with zero attached hydrogens (tertiary/aromatic N) is 1. The van der Waals surface area contributed by atoms with E-state index in [1.165, 1.54) is 0 Å². The highest BCUT2D eigenvalue weighted by Gasteiger charge is 2.08. The van der Waals surface area contributed by atoms with Gasteiger partial charge in [-0.1, -0.05) is 23.2 Å². The van der Waals surface area contributed by atoms with Crippen LogP contribution in [0.15, 0.2) is 18.2 Å². The van der Waals surface area contributed by atoms with Crippen LogP contribution in [0.3, 0.4) is 0 Å². The molecular formula is C13H18Cl2N2O. The molecule has 1 aromatic carbocycles. The van der Waals surface area contributed by atoms with Gasteiger partial charge in [0.2, 0.25) is 5.91 Å². The lowest BCUT2D eigenvalue weighted by atomic mass is 10.3. The summed E-state index contributed by atoms with van der Waals surface area (Å²) in [6.07, 6.45) is 0.464. The fraction of sp³-hybridized carbons (Fsp3) is 0.462. The molecule has 1 rings (SSSR count). The van der Waals surface area contributed by atoms with E-state index < -0.39 is 0 Å². The molecule has 1 N–H and O–H groups in total. The summed E-state index contributed by atoms with van der Waals surface area (Å²) in [7, 11) is 0. The van der Waals surface area contributed by atoms with E-state index in [0.717, 1.165) is 18.8 Å². The minimum Gasteiger partial charge on any atom is -0.384 e. The third kappa shape index (κ3) is 4.75. The molecule has 0 atom stereocenters. The molecule has 0 bridgehead atoms. The monoisotopic (exact) mass is 288 g/mol. The molecule has 0 heterocycles. The maximum atomic E-state index is 11.8. The Labute approximate surface area is 118 Å². The first-order valence-electron chi connectivity index (χ1n) is 6.04. The van der Waals surface area contributed by atoms with E-state index in [4.69, 9.17) is 23.2 Å². The number of carbonyl (C=O) groups is 1. The molecule has 100 valence electrons. The zero-order valence-corrected chi connectivity index (χ0v) is 12.2. The molecule has 3 nitrogen and oxygen atoms in total. The van der Waals surface area contributed by atoms with Gasteiger partial charge in [0.1, 0.15) is 0 Å². The number of anilines is 1. The van der Waals surface area contributed by atoms with Crippen molar-refractivity contribution in [1.29, 1.82) is 0 Å². The quantitative estimate of drug-likeness (QED) is 0.866. The molecule has 18 heavy (non-hydrogen) atoms. The van der Waals surface area contributed by atoms with Gasteiger partial charge in [-0.25, -0.2) is 0 Å². The van der Waals surface area contributed by atoms with Gasteiger partial charge >= 0.3 is 0 Å². The van der Waals surface area contributed by atoms with Crippen molar-refractivity contribution in [2.45, 2.75) is 20.3 Å². The van der Waals surface area contributed by atoms with Gasteiger partial charge in [0.25, 0.3) is 0 Å². The number of amides is 1. The fourth-order valence-corrected chi connectivity index (χ4v) is 2.23. The van der Waals surface area contributed by atoms with Gasteiger partial charge in [-0.3, -0.25) is 4.79 Å². The molecule has 0 fully saturated rings. The molecule has 0 saturated carbocycles. The third-order valence-electron chi connectivity index (χ3n) is 2.65. The number of halogens is 2. The van der Waals surface area contributed by atoms with E-state index in [-0.39, 0.29) is 5.91 Å². The van der Waals surface area contributed by atoms with Crippen LogP contribution in [0, 0.1) is 0 Å². The Morgan fingerprint density at radius 3 is 2.22 bits per heavy atom. The van der Waals surface area contributed by atoms with Crippen molar-refractivity contribution < 1.29 is 4.79 Å². The lowest BCUT2D eigenvalue weighted by Crippen LogP contribution is -2.31. The molecule has 1 aromatic rings. The molecule has 5 heteroatoms.